The molecule has 0 aliphatic carbocycles. The first-order chi connectivity index (χ1) is 8.56. The number of aliphatic hydroxyl groups excluding tert-OH is 1. The molecule has 0 aromatic heterocycles. The number of aliphatic hydroxyl groups is 1. The molecule has 100 valence electrons. The van der Waals surface area contributed by atoms with Gasteiger partial charge in [0.1, 0.15) is 0 Å². The number of carbonyl (C=O) groups excluding carboxylic acids is 1. The smallest absolute Gasteiger partial charge is 0.238 e. The van der Waals surface area contributed by atoms with E-state index in [0.29, 0.717) is 13.1 Å². The van der Waals surface area contributed by atoms with E-state index in [1.807, 2.05) is 43.9 Å². The average molecular weight is 250 g/mol. The van der Waals surface area contributed by atoms with Gasteiger partial charge in [-0.3, -0.25) is 9.69 Å². The standard InChI is InChI=1S/C14H22N2O2/c1-4-16(7-8-17)10-14(18)15-13-9-11(2)5-6-12(13)3/h5-6,9,17H,4,7-8,10H2,1-3H3,(H,15,18). The number of carbonyl (C=O) groups is 1. The first kappa shape index (κ1) is 14.7. The summed E-state index contributed by atoms with van der Waals surface area (Å²) in [5.41, 5.74) is 3.04. The minimum atomic E-state index is -0.0426. The van der Waals surface area contributed by atoms with Gasteiger partial charge in [-0.2, -0.15) is 0 Å². The van der Waals surface area contributed by atoms with Crippen LogP contribution < -0.4 is 5.32 Å². The highest BCUT2D eigenvalue weighted by molar-refractivity contribution is 5.93. The quantitative estimate of drug-likeness (QED) is 0.805. The number of rotatable bonds is 6. The van der Waals surface area contributed by atoms with Crippen molar-refractivity contribution in [1.82, 2.24) is 4.90 Å². The van der Waals surface area contributed by atoms with E-state index in [9.17, 15) is 4.79 Å². The molecule has 0 saturated heterocycles. The van der Waals surface area contributed by atoms with Crippen molar-refractivity contribution in [2.45, 2.75) is 20.8 Å². The minimum absolute atomic E-state index is 0.0426. The SMILES string of the molecule is CCN(CCO)CC(=O)Nc1cc(C)ccc1C. The lowest BCUT2D eigenvalue weighted by atomic mass is 10.1. The predicted molar refractivity (Wildman–Crippen MR) is 73.7 cm³/mol. The van der Waals surface area contributed by atoms with Crippen LogP contribution in [0.5, 0.6) is 0 Å². The zero-order chi connectivity index (χ0) is 13.5. The monoisotopic (exact) mass is 250 g/mol. The van der Waals surface area contributed by atoms with Crippen molar-refractivity contribution in [3.8, 4) is 0 Å². The molecule has 1 aromatic rings. The highest BCUT2D eigenvalue weighted by atomic mass is 16.3. The van der Waals surface area contributed by atoms with Crippen molar-refractivity contribution in [2.75, 3.05) is 31.6 Å². The Hall–Kier alpha value is -1.39. The molecule has 2 N–H and O–H groups in total. The molecule has 0 radical (unpaired) electrons. The molecule has 0 spiro atoms. The molecule has 0 unspecified atom stereocenters. The Morgan fingerprint density at radius 1 is 1.39 bits per heavy atom. The summed E-state index contributed by atoms with van der Waals surface area (Å²) in [6.07, 6.45) is 0. The first-order valence-electron chi connectivity index (χ1n) is 6.27. The fourth-order valence-corrected chi connectivity index (χ4v) is 1.75. The molecular formula is C14H22N2O2. The summed E-state index contributed by atoms with van der Waals surface area (Å²) < 4.78 is 0. The Morgan fingerprint density at radius 3 is 2.72 bits per heavy atom. The van der Waals surface area contributed by atoms with E-state index >= 15 is 0 Å². The Morgan fingerprint density at radius 2 is 2.11 bits per heavy atom. The van der Waals surface area contributed by atoms with Crippen molar-refractivity contribution in [3.05, 3.63) is 29.3 Å². The Kier molecular flexibility index (Phi) is 5.82. The molecular weight excluding hydrogens is 228 g/mol. The van der Waals surface area contributed by atoms with Gasteiger partial charge in [-0.1, -0.05) is 19.1 Å². The third-order valence-electron chi connectivity index (χ3n) is 2.90. The van der Waals surface area contributed by atoms with Crippen molar-refractivity contribution < 1.29 is 9.90 Å². The van der Waals surface area contributed by atoms with Crippen LogP contribution in [0.25, 0.3) is 0 Å². The summed E-state index contributed by atoms with van der Waals surface area (Å²) in [6.45, 7) is 7.60. The summed E-state index contributed by atoms with van der Waals surface area (Å²) in [6, 6.07) is 5.99. The summed E-state index contributed by atoms with van der Waals surface area (Å²) in [7, 11) is 0. The van der Waals surface area contributed by atoms with Crippen LogP contribution in [0.3, 0.4) is 0 Å². The molecule has 1 aromatic carbocycles. The molecule has 0 heterocycles. The number of likely N-dealkylation sites (N-methyl/N-ethyl adjacent to an activating group) is 1. The van der Waals surface area contributed by atoms with Crippen molar-refractivity contribution in [1.29, 1.82) is 0 Å². The molecule has 0 atom stereocenters. The van der Waals surface area contributed by atoms with Gasteiger partial charge in [0, 0.05) is 12.2 Å². The van der Waals surface area contributed by atoms with Crippen LogP contribution in [0, 0.1) is 13.8 Å². The van der Waals surface area contributed by atoms with Crippen molar-refractivity contribution >= 4 is 11.6 Å². The minimum Gasteiger partial charge on any atom is -0.395 e. The lowest BCUT2D eigenvalue weighted by molar-refractivity contribution is -0.117. The van der Waals surface area contributed by atoms with Gasteiger partial charge in [0.25, 0.3) is 0 Å². The van der Waals surface area contributed by atoms with Gasteiger partial charge in [-0.15, -0.1) is 0 Å². The Balaban J connectivity index is 2.61. The van der Waals surface area contributed by atoms with Gasteiger partial charge in [0.2, 0.25) is 5.91 Å². The van der Waals surface area contributed by atoms with Gasteiger partial charge >= 0.3 is 0 Å². The molecule has 4 nitrogen and oxygen atoms in total. The highest BCUT2D eigenvalue weighted by Crippen LogP contribution is 2.16. The number of anilines is 1. The molecule has 1 rings (SSSR count). The van der Waals surface area contributed by atoms with Crippen LogP contribution in [0.2, 0.25) is 0 Å². The molecule has 4 heteroatoms. The van der Waals surface area contributed by atoms with E-state index in [-0.39, 0.29) is 12.5 Å². The molecule has 0 aliphatic rings. The third-order valence-corrected chi connectivity index (χ3v) is 2.90. The maximum absolute atomic E-state index is 11.9. The number of hydrogen-bond acceptors (Lipinski definition) is 3. The summed E-state index contributed by atoms with van der Waals surface area (Å²) >= 11 is 0. The fraction of sp³-hybridized carbons (Fsp3) is 0.500. The van der Waals surface area contributed by atoms with Crippen LogP contribution in [0.1, 0.15) is 18.1 Å². The predicted octanol–water partition coefficient (Wildman–Crippen LogP) is 1.56. The number of nitrogens with zero attached hydrogens (tertiary/aromatic N) is 1. The molecule has 18 heavy (non-hydrogen) atoms. The fourth-order valence-electron chi connectivity index (χ4n) is 1.75. The Labute approximate surface area is 109 Å². The Bertz CT molecular complexity index is 405. The van der Waals surface area contributed by atoms with E-state index in [0.717, 1.165) is 23.4 Å². The maximum Gasteiger partial charge on any atom is 0.238 e. The molecule has 0 saturated carbocycles. The highest BCUT2D eigenvalue weighted by Gasteiger charge is 2.09. The van der Waals surface area contributed by atoms with Gasteiger partial charge in [-0.25, -0.2) is 0 Å². The number of aryl methyl sites for hydroxylation is 2. The second-order valence-corrected chi connectivity index (χ2v) is 4.46. The van der Waals surface area contributed by atoms with E-state index in [2.05, 4.69) is 5.32 Å². The van der Waals surface area contributed by atoms with Crippen LogP contribution in [-0.4, -0.2) is 42.2 Å². The van der Waals surface area contributed by atoms with Crippen molar-refractivity contribution in [3.63, 3.8) is 0 Å². The summed E-state index contributed by atoms with van der Waals surface area (Å²) in [5.74, 6) is -0.0426. The van der Waals surface area contributed by atoms with Gasteiger partial charge < -0.3 is 10.4 Å². The first-order valence-corrected chi connectivity index (χ1v) is 6.27. The lowest BCUT2D eigenvalue weighted by Gasteiger charge is -2.19. The molecule has 0 aliphatic heterocycles. The lowest BCUT2D eigenvalue weighted by Crippen LogP contribution is -2.35. The summed E-state index contributed by atoms with van der Waals surface area (Å²) in [5, 5.41) is 11.8. The number of benzene rings is 1. The molecule has 0 bridgehead atoms. The molecule has 1 amide bonds. The zero-order valence-electron chi connectivity index (χ0n) is 11.4. The van der Waals surface area contributed by atoms with Gasteiger partial charge in [0.05, 0.1) is 13.2 Å². The van der Waals surface area contributed by atoms with Gasteiger partial charge in [-0.05, 0) is 37.6 Å². The van der Waals surface area contributed by atoms with Crippen LogP contribution in [-0.2, 0) is 4.79 Å². The number of nitrogens with one attached hydrogen (secondary N) is 1. The third kappa shape index (κ3) is 4.47. The zero-order valence-corrected chi connectivity index (χ0v) is 11.4. The van der Waals surface area contributed by atoms with Crippen molar-refractivity contribution in [2.24, 2.45) is 0 Å². The molecule has 0 fully saturated rings. The van der Waals surface area contributed by atoms with Crippen LogP contribution in [0.15, 0.2) is 18.2 Å². The second kappa shape index (κ2) is 7.13. The van der Waals surface area contributed by atoms with E-state index in [1.165, 1.54) is 0 Å². The van der Waals surface area contributed by atoms with E-state index < -0.39 is 0 Å². The van der Waals surface area contributed by atoms with Crippen LogP contribution >= 0.6 is 0 Å². The number of amides is 1. The summed E-state index contributed by atoms with van der Waals surface area (Å²) in [4.78, 5) is 13.8. The van der Waals surface area contributed by atoms with E-state index in [4.69, 9.17) is 5.11 Å². The normalized spacial score (nSPS) is 10.7. The maximum atomic E-state index is 11.9. The van der Waals surface area contributed by atoms with Gasteiger partial charge in [0.15, 0.2) is 0 Å². The van der Waals surface area contributed by atoms with E-state index in [1.54, 1.807) is 0 Å². The second-order valence-electron chi connectivity index (χ2n) is 4.46. The average Bonchev–Trinajstić information content (AvgIpc) is 2.33. The topological polar surface area (TPSA) is 52.6 Å². The number of hydrogen-bond donors (Lipinski definition) is 2. The van der Waals surface area contributed by atoms with Crippen LogP contribution in [0.4, 0.5) is 5.69 Å². The largest absolute Gasteiger partial charge is 0.395 e.